The highest BCUT2D eigenvalue weighted by Gasteiger charge is 2.32. The third-order valence-corrected chi connectivity index (χ3v) is 6.01. The van der Waals surface area contributed by atoms with Gasteiger partial charge in [-0.25, -0.2) is 9.79 Å². The molecular weight excluding hydrogens is 412 g/mol. The van der Waals surface area contributed by atoms with Crippen LogP contribution in [-0.4, -0.2) is 24.3 Å². The van der Waals surface area contributed by atoms with Crippen molar-refractivity contribution < 1.29 is 14.3 Å². The predicted molar refractivity (Wildman–Crippen MR) is 120 cm³/mol. The van der Waals surface area contributed by atoms with Crippen LogP contribution in [0.15, 0.2) is 75.7 Å². The largest absolute Gasteiger partial charge is 0.494 e. The summed E-state index contributed by atoms with van der Waals surface area (Å²) in [5.74, 6) is 0.291. The molecular formula is C24H22N2O4S. The summed E-state index contributed by atoms with van der Waals surface area (Å²) < 4.78 is 12.6. The number of esters is 1. The second kappa shape index (κ2) is 8.73. The van der Waals surface area contributed by atoms with Gasteiger partial charge in [0.15, 0.2) is 4.80 Å². The number of ether oxygens (including phenoxy) is 2. The summed E-state index contributed by atoms with van der Waals surface area (Å²) >= 11 is 1.31. The number of thiazole rings is 1. The van der Waals surface area contributed by atoms with Crippen LogP contribution in [-0.2, 0) is 9.53 Å². The predicted octanol–water partition coefficient (Wildman–Crippen LogP) is 2.81. The molecule has 0 fully saturated rings. The molecule has 0 radical (unpaired) electrons. The molecule has 0 saturated carbocycles. The summed E-state index contributed by atoms with van der Waals surface area (Å²) in [5, 5.41) is 0. The lowest BCUT2D eigenvalue weighted by Gasteiger charge is -2.24. The zero-order chi connectivity index (χ0) is 22.0. The van der Waals surface area contributed by atoms with Crippen LogP contribution in [0.4, 0.5) is 0 Å². The van der Waals surface area contributed by atoms with E-state index in [2.05, 4.69) is 4.99 Å². The monoisotopic (exact) mass is 434 g/mol. The highest BCUT2D eigenvalue weighted by Crippen LogP contribution is 2.30. The fourth-order valence-electron chi connectivity index (χ4n) is 3.62. The van der Waals surface area contributed by atoms with E-state index in [0.29, 0.717) is 27.2 Å². The molecule has 1 aliphatic rings. The molecule has 2 heterocycles. The SMILES string of the molecule is CCOc1ccc(C=c2sc3n(c2=O)C(c2ccccc2)C(C(=O)OC)=C(C)N=3)cc1. The number of aromatic nitrogens is 1. The van der Waals surface area contributed by atoms with Gasteiger partial charge in [-0.15, -0.1) is 0 Å². The molecule has 2 aromatic carbocycles. The lowest BCUT2D eigenvalue weighted by Crippen LogP contribution is -2.39. The fourth-order valence-corrected chi connectivity index (χ4v) is 4.67. The van der Waals surface area contributed by atoms with Crippen LogP contribution in [0.2, 0.25) is 0 Å². The van der Waals surface area contributed by atoms with Gasteiger partial charge in [-0.05, 0) is 43.2 Å². The Balaban J connectivity index is 1.89. The van der Waals surface area contributed by atoms with Crippen LogP contribution >= 0.6 is 11.3 Å². The Kier molecular flexibility index (Phi) is 5.86. The number of methoxy groups -OCH3 is 1. The van der Waals surface area contributed by atoms with E-state index in [1.165, 1.54) is 18.4 Å². The third-order valence-electron chi connectivity index (χ3n) is 5.03. The smallest absolute Gasteiger partial charge is 0.338 e. The third kappa shape index (κ3) is 3.96. The van der Waals surface area contributed by atoms with Crippen LogP contribution in [0.1, 0.15) is 31.0 Å². The van der Waals surface area contributed by atoms with Crippen molar-refractivity contribution in [1.29, 1.82) is 0 Å². The van der Waals surface area contributed by atoms with Gasteiger partial charge in [0.25, 0.3) is 5.56 Å². The molecule has 1 aliphatic heterocycles. The number of hydrogen-bond acceptors (Lipinski definition) is 6. The van der Waals surface area contributed by atoms with Crippen molar-refractivity contribution in [2.75, 3.05) is 13.7 Å². The Morgan fingerprint density at radius 2 is 1.87 bits per heavy atom. The van der Waals surface area contributed by atoms with E-state index in [9.17, 15) is 9.59 Å². The van der Waals surface area contributed by atoms with Gasteiger partial charge in [0.2, 0.25) is 0 Å². The van der Waals surface area contributed by atoms with Crippen molar-refractivity contribution in [3.8, 4) is 5.75 Å². The van der Waals surface area contributed by atoms with Gasteiger partial charge < -0.3 is 9.47 Å². The number of rotatable bonds is 5. The minimum Gasteiger partial charge on any atom is -0.494 e. The molecule has 31 heavy (non-hydrogen) atoms. The van der Waals surface area contributed by atoms with Crippen molar-refractivity contribution in [3.63, 3.8) is 0 Å². The van der Waals surface area contributed by atoms with E-state index in [0.717, 1.165) is 16.9 Å². The van der Waals surface area contributed by atoms with Crippen molar-refractivity contribution in [1.82, 2.24) is 4.57 Å². The number of carbonyl (C=O) groups excluding carboxylic acids is 1. The van der Waals surface area contributed by atoms with Gasteiger partial charge in [0.1, 0.15) is 5.75 Å². The van der Waals surface area contributed by atoms with Crippen LogP contribution < -0.4 is 19.6 Å². The zero-order valence-corrected chi connectivity index (χ0v) is 18.3. The van der Waals surface area contributed by atoms with Crippen molar-refractivity contribution >= 4 is 23.4 Å². The summed E-state index contributed by atoms with van der Waals surface area (Å²) in [4.78, 5) is 31.1. The van der Waals surface area contributed by atoms with Crippen molar-refractivity contribution in [2.24, 2.45) is 4.99 Å². The summed E-state index contributed by atoms with van der Waals surface area (Å²) in [5.41, 5.74) is 2.43. The molecule has 0 aliphatic carbocycles. The first-order chi connectivity index (χ1) is 15.0. The maximum atomic E-state index is 13.4. The lowest BCUT2D eigenvalue weighted by molar-refractivity contribution is -0.136. The molecule has 1 aromatic heterocycles. The molecule has 6 nitrogen and oxygen atoms in total. The topological polar surface area (TPSA) is 69.9 Å². The number of nitrogens with zero attached hydrogens (tertiary/aromatic N) is 2. The second-order valence-corrected chi connectivity index (χ2v) is 8.00. The summed E-state index contributed by atoms with van der Waals surface area (Å²) in [6, 6.07) is 16.4. The Hall–Kier alpha value is -3.45. The highest BCUT2D eigenvalue weighted by molar-refractivity contribution is 7.07. The summed E-state index contributed by atoms with van der Waals surface area (Å²) in [6.45, 7) is 4.30. The van der Waals surface area contributed by atoms with E-state index < -0.39 is 12.0 Å². The number of carbonyl (C=O) groups is 1. The molecule has 0 bridgehead atoms. The van der Waals surface area contributed by atoms with Gasteiger partial charge in [-0.3, -0.25) is 9.36 Å². The lowest BCUT2D eigenvalue weighted by atomic mass is 9.96. The Morgan fingerprint density at radius 3 is 2.52 bits per heavy atom. The van der Waals surface area contributed by atoms with E-state index in [1.807, 2.05) is 67.6 Å². The van der Waals surface area contributed by atoms with Crippen LogP contribution in [0.5, 0.6) is 5.75 Å². The molecule has 0 N–H and O–H groups in total. The summed E-state index contributed by atoms with van der Waals surface area (Å²) in [7, 11) is 1.34. The molecule has 1 unspecified atom stereocenters. The minimum absolute atomic E-state index is 0.194. The molecule has 0 spiro atoms. The number of hydrogen-bond donors (Lipinski definition) is 0. The molecule has 1 atom stereocenters. The number of allylic oxidation sites excluding steroid dienone is 1. The van der Waals surface area contributed by atoms with Gasteiger partial charge in [0, 0.05) is 0 Å². The van der Waals surface area contributed by atoms with Gasteiger partial charge in [-0.1, -0.05) is 53.8 Å². The van der Waals surface area contributed by atoms with E-state index >= 15 is 0 Å². The first-order valence-corrected chi connectivity index (χ1v) is 10.7. The molecule has 7 heteroatoms. The molecule has 158 valence electrons. The maximum absolute atomic E-state index is 13.4. The first-order valence-electron chi connectivity index (χ1n) is 9.92. The van der Waals surface area contributed by atoms with Crippen LogP contribution in [0, 0.1) is 0 Å². The average Bonchev–Trinajstić information content (AvgIpc) is 3.09. The van der Waals surface area contributed by atoms with Gasteiger partial charge in [-0.2, -0.15) is 0 Å². The molecule has 0 saturated heterocycles. The Labute approximate surface area is 183 Å². The molecule has 3 aromatic rings. The minimum atomic E-state index is -0.590. The van der Waals surface area contributed by atoms with Gasteiger partial charge in [0.05, 0.1) is 35.6 Å². The van der Waals surface area contributed by atoms with Crippen molar-refractivity contribution in [3.05, 3.63) is 96.7 Å². The number of benzene rings is 2. The molecule has 4 rings (SSSR count). The standard InChI is InChI=1S/C24H22N2O4S/c1-4-30-18-12-10-16(11-13-18)14-19-22(27)26-21(17-8-6-5-7-9-17)20(23(28)29-3)15(2)25-24(26)31-19/h5-14,21H,4H2,1-3H3. The zero-order valence-electron chi connectivity index (χ0n) is 17.5. The maximum Gasteiger partial charge on any atom is 0.338 e. The Bertz CT molecular complexity index is 1320. The molecule has 0 amide bonds. The van der Waals surface area contributed by atoms with Crippen LogP contribution in [0.3, 0.4) is 0 Å². The fraction of sp³-hybridized carbons (Fsp3) is 0.208. The summed E-state index contributed by atoms with van der Waals surface area (Å²) in [6.07, 6.45) is 1.83. The average molecular weight is 435 g/mol. The second-order valence-electron chi connectivity index (χ2n) is 6.99. The first kappa shape index (κ1) is 20.8. The number of fused-ring (bicyclic) bond motifs is 1. The van der Waals surface area contributed by atoms with E-state index in [1.54, 1.807) is 11.5 Å². The van der Waals surface area contributed by atoms with Crippen molar-refractivity contribution in [2.45, 2.75) is 19.9 Å². The van der Waals surface area contributed by atoms with Gasteiger partial charge >= 0.3 is 5.97 Å². The normalized spacial score (nSPS) is 16.0. The quantitative estimate of drug-likeness (QED) is 0.579. The van der Waals surface area contributed by atoms with E-state index in [-0.39, 0.29) is 5.56 Å². The highest BCUT2D eigenvalue weighted by atomic mass is 32.1. The Morgan fingerprint density at radius 1 is 1.16 bits per heavy atom. The van der Waals surface area contributed by atoms with Crippen LogP contribution in [0.25, 0.3) is 6.08 Å². The van der Waals surface area contributed by atoms with E-state index in [4.69, 9.17) is 9.47 Å².